The largest absolute Gasteiger partial charge is 0.492 e. The Morgan fingerprint density at radius 3 is 2.74 bits per heavy atom. The summed E-state index contributed by atoms with van der Waals surface area (Å²) in [7, 11) is 0. The molecule has 0 fully saturated rings. The molecule has 0 bridgehead atoms. The van der Waals surface area contributed by atoms with Crippen molar-refractivity contribution < 1.29 is 14.1 Å². The van der Waals surface area contributed by atoms with E-state index in [0.717, 1.165) is 10.7 Å². The zero-order valence-corrected chi connectivity index (χ0v) is 10.9. The fourth-order valence-electron chi connectivity index (χ4n) is 1.40. The van der Waals surface area contributed by atoms with E-state index in [9.17, 15) is 19.3 Å². The van der Waals surface area contributed by atoms with Crippen molar-refractivity contribution in [3.8, 4) is 0 Å². The third kappa shape index (κ3) is 2.81. The summed E-state index contributed by atoms with van der Waals surface area (Å²) in [5.74, 6) is -1.84. The first kappa shape index (κ1) is 13.3. The Bertz CT molecular complexity index is 658. The van der Waals surface area contributed by atoms with Gasteiger partial charge in [-0.05, 0) is 22.0 Å². The number of benzene rings is 1. The molecule has 1 aromatic heterocycles. The van der Waals surface area contributed by atoms with Crippen molar-refractivity contribution in [2.24, 2.45) is 0 Å². The number of nitrogens with zero attached hydrogens (tertiary/aromatic N) is 4. The van der Waals surface area contributed by atoms with E-state index in [1.807, 2.05) is 0 Å². The lowest BCUT2D eigenvalue weighted by Gasteiger charge is -2.00. The van der Waals surface area contributed by atoms with Crippen LogP contribution in [0.5, 0.6) is 0 Å². The highest BCUT2D eigenvalue weighted by molar-refractivity contribution is 9.10. The van der Waals surface area contributed by atoms with E-state index in [2.05, 4.69) is 26.0 Å². The van der Waals surface area contributed by atoms with Crippen LogP contribution in [0, 0.1) is 15.9 Å². The van der Waals surface area contributed by atoms with Crippen LogP contribution in [0.2, 0.25) is 0 Å². The molecule has 1 aromatic carbocycles. The smallest absolute Gasteiger partial charge is 0.390 e. The van der Waals surface area contributed by atoms with Crippen LogP contribution in [0.25, 0.3) is 0 Å². The van der Waals surface area contributed by atoms with E-state index >= 15 is 0 Å². The van der Waals surface area contributed by atoms with Crippen molar-refractivity contribution in [2.75, 3.05) is 0 Å². The molecule has 2 aromatic rings. The molecular formula is C10H6BrFN4O3. The van der Waals surface area contributed by atoms with Gasteiger partial charge in [0.15, 0.2) is 5.78 Å². The topological polar surface area (TPSA) is 90.9 Å². The van der Waals surface area contributed by atoms with Gasteiger partial charge in [0, 0.05) is 21.0 Å². The molecule has 19 heavy (non-hydrogen) atoms. The Morgan fingerprint density at radius 2 is 2.16 bits per heavy atom. The summed E-state index contributed by atoms with van der Waals surface area (Å²) in [4.78, 5) is 25.0. The van der Waals surface area contributed by atoms with Crippen molar-refractivity contribution in [1.29, 1.82) is 0 Å². The number of ketones is 1. The van der Waals surface area contributed by atoms with Crippen molar-refractivity contribution in [3.63, 3.8) is 0 Å². The van der Waals surface area contributed by atoms with Crippen LogP contribution in [-0.4, -0.2) is 25.5 Å². The van der Waals surface area contributed by atoms with Gasteiger partial charge in [0.1, 0.15) is 12.4 Å². The van der Waals surface area contributed by atoms with Crippen molar-refractivity contribution in [1.82, 2.24) is 14.8 Å². The van der Waals surface area contributed by atoms with Gasteiger partial charge < -0.3 is 10.1 Å². The number of hydrogen-bond donors (Lipinski definition) is 0. The van der Waals surface area contributed by atoms with Crippen molar-refractivity contribution >= 4 is 27.7 Å². The Labute approximate surface area is 114 Å². The lowest BCUT2D eigenvalue weighted by Crippen LogP contribution is -2.13. The normalized spacial score (nSPS) is 10.4. The maximum atomic E-state index is 13.4. The number of carbonyl (C=O) groups excluding carboxylic acids is 1. The van der Waals surface area contributed by atoms with E-state index in [-0.39, 0.29) is 16.8 Å². The highest BCUT2D eigenvalue weighted by atomic mass is 79.9. The van der Waals surface area contributed by atoms with Crippen LogP contribution in [0.1, 0.15) is 10.4 Å². The maximum absolute atomic E-state index is 13.4. The number of rotatable bonds is 4. The van der Waals surface area contributed by atoms with Gasteiger partial charge in [0.05, 0.1) is 5.56 Å². The summed E-state index contributed by atoms with van der Waals surface area (Å²) in [5.41, 5.74) is -0.104. The zero-order valence-electron chi connectivity index (χ0n) is 9.29. The van der Waals surface area contributed by atoms with E-state index in [1.54, 1.807) is 0 Å². The molecule has 0 N–H and O–H groups in total. The van der Waals surface area contributed by atoms with Crippen LogP contribution >= 0.6 is 15.9 Å². The molecule has 0 aliphatic rings. The molecule has 98 valence electrons. The maximum Gasteiger partial charge on any atom is 0.492 e. The average Bonchev–Trinajstić information content (AvgIpc) is 2.71. The van der Waals surface area contributed by atoms with E-state index in [4.69, 9.17) is 0 Å². The summed E-state index contributed by atoms with van der Waals surface area (Å²) >= 11 is 2.94. The third-order valence-corrected chi connectivity index (χ3v) is 2.83. The molecule has 2 rings (SSSR count). The number of Topliss-reactive ketones (excluding diaryl/α,β-unsaturated/α-hetero) is 1. The molecular weight excluding hydrogens is 323 g/mol. The lowest BCUT2D eigenvalue weighted by atomic mass is 10.1. The van der Waals surface area contributed by atoms with Gasteiger partial charge in [-0.15, -0.1) is 0 Å². The minimum atomic E-state index is -0.783. The van der Waals surface area contributed by atoms with Gasteiger partial charge in [-0.2, -0.15) is 4.68 Å². The molecule has 0 saturated carbocycles. The van der Waals surface area contributed by atoms with E-state index < -0.39 is 22.5 Å². The minimum Gasteiger partial charge on any atom is -0.390 e. The predicted octanol–water partition coefficient (Wildman–Crippen LogP) is 1.97. The first-order chi connectivity index (χ1) is 8.99. The van der Waals surface area contributed by atoms with E-state index in [0.29, 0.717) is 0 Å². The molecule has 0 saturated heterocycles. The average molecular weight is 329 g/mol. The second-order valence-electron chi connectivity index (χ2n) is 3.50. The summed E-state index contributed by atoms with van der Waals surface area (Å²) in [5, 5.41) is 14.0. The molecule has 1 heterocycles. The van der Waals surface area contributed by atoms with E-state index in [1.165, 1.54) is 18.2 Å². The van der Waals surface area contributed by atoms with Gasteiger partial charge in [0.2, 0.25) is 0 Å². The molecule has 0 spiro atoms. The quantitative estimate of drug-likeness (QED) is 0.486. The van der Waals surface area contributed by atoms with Crippen LogP contribution < -0.4 is 0 Å². The highest BCUT2D eigenvalue weighted by Gasteiger charge is 2.22. The summed E-state index contributed by atoms with van der Waals surface area (Å²) in [6.07, 6.45) is 0. The Kier molecular flexibility index (Phi) is 3.65. The molecule has 0 aliphatic heterocycles. The molecule has 0 atom stereocenters. The van der Waals surface area contributed by atoms with Crippen LogP contribution in [0.3, 0.4) is 0 Å². The molecule has 0 radical (unpaired) electrons. The van der Waals surface area contributed by atoms with Gasteiger partial charge in [-0.25, -0.2) is 4.39 Å². The lowest BCUT2D eigenvalue weighted by molar-refractivity contribution is -0.394. The Balaban J connectivity index is 2.24. The molecule has 0 unspecified atom stereocenters. The second kappa shape index (κ2) is 5.22. The van der Waals surface area contributed by atoms with Crippen molar-refractivity contribution in [3.05, 3.63) is 50.5 Å². The highest BCUT2D eigenvalue weighted by Crippen LogP contribution is 2.14. The van der Waals surface area contributed by atoms with Crippen LogP contribution in [-0.2, 0) is 6.54 Å². The first-order valence-corrected chi connectivity index (χ1v) is 5.81. The molecule has 7 nitrogen and oxygen atoms in total. The number of hydrogen-bond acceptors (Lipinski definition) is 5. The number of nitro groups is 1. The Hall–Kier alpha value is -2.16. The molecule has 0 aliphatic carbocycles. The summed E-state index contributed by atoms with van der Waals surface area (Å²) in [6.45, 7) is -0.345. The second-order valence-corrected chi connectivity index (χ2v) is 4.21. The van der Waals surface area contributed by atoms with Crippen LogP contribution in [0.15, 0.2) is 29.0 Å². The third-order valence-electron chi connectivity index (χ3n) is 2.25. The van der Waals surface area contributed by atoms with Crippen LogP contribution in [0.4, 0.5) is 10.3 Å². The van der Waals surface area contributed by atoms with Crippen molar-refractivity contribution in [2.45, 2.75) is 6.54 Å². The fraction of sp³-hybridized carbons (Fsp3) is 0.100. The Morgan fingerprint density at radius 1 is 1.47 bits per heavy atom. The number of halogens is 2. The monoisotopic (exact) mass is 328 g/mol. The van der Waals surface area contributed by atoms with Gasteiger partial charge >= 0.3 is 5.95 Å². The van der Waals surface area contributed by atoms with Gasteiger partial charge in [0.25, 0.3) is 4.73 Å². The molecule has 9 heteroatoms. The predicted molar refractivity (Wildman–Crippen MR) is 65.1 cm³/mol. The zero-order chi connectivity index (χ0) is 14.0. The number of aromatic nitrogens is 3. The van der Waals surface area contributed by atoms with Gasteiger partial charge in [-0.1, -0.05) is 12.1 Å². The first-order valence-electron chi connectivity index (χ1n) is 5.01. The minimum absolute atomic E-state index is 0.0314. The summed E-state index contributed by atoms with van der Waals surface area (Å²) in [6, 6.07) is 5.47. The fourth-order valence-corrected chi connectivity index (χ4v) is 1.76. The standard InChI is InChI=1S/C10H6BrFN4O3/c11-9-13-10(16(18)19)14-15(9)5-8(17)6-3-1-2-4-7(6)12/h1-4H,5H2. The summed E-state index contributed by atoms with van der Waals surface area (Å²) < 4.78 is 14.4. The molecule has 0 amide bonds. The van der Waals surface area contributed by atoms with Gasteiger partial charge in [-0.3, -0.25) is 4.79 Å². The number of carbonyl (C=O) groups is 1. The SMILES string of the molecule is O=C(Cn1nc([N+](=O)[O-])nc1Br)c1ccccc1F.